The molecule has 0 radical (unpaired) electrons. The van der Waals surface area contributed by atoms with E-state index in [1.165, 1.54) is 19.2 Å². The Morgan fingerprint density at radius 3 is 2.58 bits per heavy atom. The van der Waals surface area contributed by atoms with Crippen molar-refractivity contribution in [3.63, 3.8) is 0 Å². The van der Waals surface area contributed by atoms with Crippen molar-refractivity contribution in [2.45, 2.75) is 13.1 Å². The lowest BCUT2D eigenvalue weighted by Crippen LogP contribution is -2.21. The zero-order chi connectivity index (χ0) is 17.7. The molecular formula is C16H12F3N3O2. The summed E-state index contributed by atoms with van der Waals surface area (Å²) in [5.41, 5.74) is 7.84. The van der Waals surface area contributed by atoms with Gasteiger partial charge in [0, 0.05) is 11.8 Å². The average molecular weight is 335 g/mol. The number of nitrogens with zero attached hydrogens (tertiary/aromatic N) is 3. The minimum absolute atomic E-state index is 0.0181. The highest BCUT2D eigenvalue weighted by molar-refractivity contribution is 6.42. The van der Waals surface area contributed by atoms with Crippen LogP contribution in [-0.2, 0) is 15.7 Å². The second-order valence-electron chi connectivity index (χ2n) is 4.64. The lowest BCUT2D eigenvalue weighted by atomic mass is 9.97. The molecule has 8 heteroatoms. The van der Waals surface area contributed by atoms with Gasteiger partial charge in [0.2, 0.25) is 0 Å². The Balaban J connectivity index is 2.69. The molecule has 2 aromatic rings. The van der Waals surface area contributed by atoms with Gasteiger partial charge in [-0.1, -0.05) is 12.1 Å². The van der Waals surface area contributed by atoms with Gasteiger partial charge < -0.3 is 10.3 Å². The zero-order valence-electron chi connectivity index (χ0n) is 12.5. The number of rotatable bonds is 4. The van der Waals surface area contributed by atoms with E-state index in [2.05, 4.69) is 9.77 Å². The number of carbonyl (C=O) groups excluding carboxylic acids is 1. The van der Waals surface area contributed by atoms with E-state index in [1.54, 1.807) is 18.2 Å². The molecule has 0 amide bonds. The van der Waals surface area contributed by atoms with Crippen LogP contribution in [0.2, 0.25) is 0 Å². The van der Waals surface area contributed by atoms with Gasteiger partial charge in [0.25, 0.3) is 0 Å². The van der Waals surface area contributed by atoms with E-state index in [1.807, 2.05) is 0 Å². The van der Waals surface area contributed by atoms with Crippen LogP contribution in [0.5, 0.6) is 0 Å². The molecule has 0 aliphatic heterocycles. The molecule has 0 atom stereocenters. The third-order valence-corrected chi connectivity index (χ3v) is 3.11. The van der Waals surface area contributed by atoms with Gasteiger partial charge in [-0.05, 0) is 31.2 Å². The summed E-state index contributed by atoms with van der Waals surface area (Å²) in [5, 5.41) is 0. The normalized spacial score (nSPS) is 10.8. The third kappa shape index (κ3) is 3.67. The molecule has 0 unspecified atom stereocenters. The lowest BCUT2D eigenvalue weighted by Gasteiger charge is -2.11. The first-order valence-corrected chi connectivity index (χ1v) is 6.90. The predicted molar refractivity (Wildman–Crippen MR) is 79.0 cm³/mol. The van der Waals surface area contributed by atoms with Crippen LogP contribution in [0.4, 0.5) is 13.2 Å². The first-order valence-electron chi connectivity index (χ1n) is 6.90. The van der Waals surface area contributed by atoms with Gasteiger partial charge in [-0.25, -0.2) is 4.79 Å². The average Bonchev–Trinajstić information content (AvgIpc) is 2.56. The summed E-state index contributed by atoms with van der Waals surface area (Å²) in [4.78, 5) is 18.8. The van der Waals surface area contributed by atoms with Crippen molar-refractivity contribution in [3.05, 3.63) is 59.3 Å². The highest BCUT2D eigenvalue weighted by Gasteiger charge is 2.35. The van der Waals surface area contributed by atoms with Gasteiger partial charge in [-0.3, -0.25) is 4.98 Å². The summed E-state index contributed by atoms with van der Waals surface area (Å²) in [6.07, 6.45) is -3.16. The molecule has 0 saturated heterocycles. The molecule has 1 heterocycles. The van der Waals surface area contributed by atoms with E-state index in [9.17, 15) is 18.0 Å². The Hall–Kier alpha value is -2.99. The fourth-order valence-electron chi connectivity index (χ4n) is 2.07. The molecular weight excluding hydrogens is 323 g/mol. The van der Waals surface area contributed by atoms with E-state index in [4.69, 9.17) is 10.3 Å². The van der Waals surface area contributed by atoms with Gasteiger partial charge in [0.1, 0.15) is 0 Å². The van der Waals surface area contributed by atoms with Crippen molar-refractivity contribution >= 4 is 11.7 Å². The van der Waals surface area contributed by atoms with Gasteiger partial charge in [-0.2, -0.15) is 18.0 Å². The Labute approximate surface area is 135 Å². The van der Waals surface area contributed by atoms with Crippen molar-refractivity contribution in [1.82, 2.24) is 4.98 Å². The first kappa shape index (κ1) is 17.4. The summed E-state index contributed by atoms with van der Waals surface area (Å²) in [7, 11) is 0. The van der Waals surface area contributed by atoms with Crippen LogP contribution in [0.25, 0.3) is 16.8 Å². The molecule has 0 spiro atoms. The Bertz CT molecular complexity index is 798. The zero-order valence-corrected chi connectivity index (χ0v) is 12.5. The highest BCUT2D eigenvalue weighted by atomic mass is 19.4. The highest BCUT2D eigenvalue weighted by Crippen LogP contribution is 2.33. The maximum absolute atomic E-state index is 13.0. The number of hydrogen-bond acceptors (Lipinski definition) is 3. The largest absolute Gasteiger partial charge is 0.457 e. The summed E-state index contributed by atoms with van der Waals surface area (Å²) in [6.45, 7) is 1.51. The maximum atomic E-state index is 13.0. The Morgan fingerprint density at radius 2 is 2.04 bits per heavy atom. The fraction of sp³-hybridized carbons (Fsp3) is 0.188. The van der Waals surface area contributed by atoms with Gasteiger partial charge >= 0.3 is 17.9 Å². The van der Waals surface area contributed by atoms with Gasteiger partial charge in [-0.15, -0.1) is 0 Å². The topological polar surface area (TPSA) is 75.6 Å². The monoisotopic (exact) mass is 335 g/mol. The van der Waals surface area contributed by atoms with Crippen LogP contribution >= 0.6 is 0 Å². The second-order valence-corrected chi connectivity index (χ2v) is 4.64. The lowest BCUT2D eigenvalue weighted by molar-refractivity contribution is -0.140. The second kappa shape index (κ2) is 7.06. The van der Waals surface area contributed by atoms with Crippen LogP contribution in [0.3, 0.4) is 0 Å². The Morgan fingerprint density at radius 1 is 1.29 bits per heavy atom. The summed E-state index contributed by atoms with van der Waals surface area (Å²) in [5.74, 6) is -1.03. The van der Waals surface area contributed by atoms with Gasteiger partial charge in [0.15, 0.2) is 0 Å². The molecule has 5 nitrogen and oxygen atoms in total. The molecule has 1 aromatic heterocycles. The number of benzene rings is 1. The molecule has 0 bridgehead atoms. The number of esters is 1. The molecule has 24 heavy (non-hydrogen) atoms. The number of halogens is 3. The summed E-state index contributed by atoms with van der Waals surface area (Å²) < 4.78 is 43.7. The van der Waals surface area contributed by atoms with Crippen LogP contribution < -0.4 is 0 Å². The van der Waals surface area contributed by atoms with Crippen LogP contribution in [0.15, 0.2) is 42.6 Å². The number of alkyl halides is 3. The van der Waals surface area contributed by atoms with E-state index in [0.29, 0.717) is 5.69 Å². The number of aromatic nitrogens is 1. The van der Waals surface area contributed by atoms with E-state index < -0.39 is 23.4 Å². The standard InChI is InChI=1S/C16H12F3N3O2/c1-2-24-15(23)14(22-20)12-9-10(16(17,18)19)6-7-11(12)13-5-3-4-8-21-13/h3-9H,2H2,1H3. The summed E-state index contributed by atoms with van der Waals surface area (Å²) in [6, 6.07) is 7.62. The SMILES string of the molecule is CCOC(=O)C(=[N+]=[N-])c1cc(C(F)(F)F)ccc1-c1ccccn1. The van der Waals surface area contributed by atoms with Crippen molar-refractivity contribution in [3.8, 4) is 11.3 Å². The quantitative estimate of drug-likeness (QED) is 0.372. The molecule has 0 N–H and O–H groups in total. The molecule has 0 saturated carbocycles. The number of ether oxygens (including phenoxy) is 1. The Kier molecular flexibility index (Phi) is 5.11. The number of pyridine rings is 1. The number of hydrogen-bond donors (Lipinski definition) is 0. The molecule has 1 aromatic carbocycles. The molecule has 0 fully saturated rings. The van der Waals surface area contributed by atoms with E-state index in [0.717, 1.165) is 12.1 Å². The molecule has 0 aliphatic rings. The van der Waals surface area contributed by atoms with E-state index in [-0.39, 0.29) is 17.7 Å². The third-order valence-electron chi connectivity index (χ3n) is 3.11. The number of carbonyl (C=O) groups is 1. The smallest absolute Gasteiger partial charge is 0.422 e. The predicted octanol–water partition coefficient (Wildman–Crippen LogP) is 3.35. The van der Waals surface area contributed by atoms with Crippen molar-refractivity contribution < 1.29 is 27.5 Å². The van der Waals surface area contributed by atoms with Gasteiger partial charge in [0.05, 0.1) is 23.4 Å². The van der Waals surface area contributed by atoms with Crippen LogP contribution in [0.1, 0.15) is 18.1 Å². The molecule has 0 aliphatic carbocycles. The van der Waals surface area contributed by atoms with E-state index >= 15 is 0 Å². The van der Waals surface area contributed by atoms with Crippen molar-refractivity contribution in [1.29, 1.82) is 0 Å². The molecule has 2 rings (SSSR count). The maximum Gasteiger partial charge on any atom is 0.422 e. The minimum Gasteiger partial charge on any atom is -0.457 e. The van der Waals surface area contributed by atoms with Crippen LogP contribution in [-0.4, -0.2) is 28.1 Å². The van der Waals surface area contributed by atoms with Crippen LogP contribution in [0, 0.1) is 0 Å². The minimum atomic E-state index is -4.62. The molecule has 124 valence electrons. The summed E-state index contributed by atoms with van der Waals surface area (Å²) >= 11 is 0. The van der Waals surface area contributed by atoms with Crippen molar-refractivity contribution in [2.24, 2.45) is 0 Å². The van der Waals surface area contributed by atoms with Crippen molar-refractivity contribution in [2.75, 3.05) is 6.61 Å². The first-order chi connectivity index (χ1) is 11.4. The fourth-order valence-corrected chi connectivity index (χ4v) is 2.07.